The lowest BCUT2D eigenvalue weighted by Gasteiger charge is -2.32. The van der Waals surface area contributed by atoms with Gasteiger partial charge in [0.15, 0.2) is 5.88 Å². The smallest absolute Gasteiger partial charge is 0.240 e. The van der Waals surface area contributed by atoms with Gasteiger partial charge in [0, 0.05) is 54.8 Å². The number of aromatic nitrogens is 1. The van der Waals surface area contributed by atoms with E-state index in [1.54, 1.807) is 24.1 Å². The van der Waals surface area contributed by atoms with Gasteiger partial charge in [-0.2, -0.15) is 0 Å². The number of amides is 1. The molecular formula is C29H29ClN8O2. The van der Waals surface area contributed by atoms with Crippen LogP contribution in [0.4, 0.5) is 17.1 Å². The lowest BCUT2D eigenvalue weighted by Crippen LogP contribution is -2.48. The average molecular weight is 557 g/mol. The summed E-state index contributed by atoms with van der Waals surface area (Å²) >= 11 is 6.26. The second-order valence-corrected chi connectivity index (χ2v) is 10.2. The van der Waals surface area contributed by atoms with E-state index in [1.807, 2.05) is 54.6 Å². The molecule has 0 aliphatic carbocycles. The number of nitrogens with one attached hydrogen (secondary N) is 1. The summed E-state index contributed by atoms with van der Waals surface area (Å²) in [6, 6.07) is 20.1. The minimum atomic E-state index is -0.0855. The summed E-state index contributed by atoms with van der Waals surface area (Å²) in [5, 5.41) is 15.5. The number of aromatic amines is 1. The third-order valence-electron chi connectivity index (χ3n) is 7.09. The molecule has 5 rings (SSSR count). The van der Waals surface area contributed by atoms with Gasteiger partial charge < -0.3 is 19.9 Å². The first-order valence-corrected chi connectivity index (χ1v) is 13.2. The van der Waals surface area contributed by atoms with Crippen LogP contribution in [0.25, 0.3) is 21.3 Å². The van der Waals surface area contributed by atoms with Crippen LogP contribution in [-0.2, 0) is 4.79 Å². The first-order valence-electron chi connectivity index (χ1n) is 12.9. The predicted molar refractivity (Wildman–Crippen MR) is 159 cm³/mol. The number of anilines is 1. The maximum atomic E-state index is 12.9. The molecule has 0 bridgehead atoms. The zero-order valence-electron chi connectivity index (χ0n) is 22.3. The van der Waals surface area contributed by atoms with Gasteiger partial charge in [0.25, 0.3) is 0 Å². The number of rotatable bonds is 7. The van der Waals surface area contributed by atoms with Crippen LogP contribution in [0.15, 0.2) is 76.8 Å². The molecule has 2 heterocycles. The molecule has 0 atom stereocenters. The SMILES string of the molecule is CN1CCN(CC(=O)N(C)c2ccc(N=C(c3ccccc3)c3c(O)[nH]c4cc(Cl)c(N=[N+]=[N-])cc34)cc2)CC1. The first-order chi connectivity index (χ1) is 19.3. The number of aromatic hydroxyl groups is 1. The Morgan fingerprint density at radius 3 is 2.48 bits per heavy atom. The molecule has 4 aromatic rings. The van der Waals surface area contributed by atoms with Crippen LogP contribution in [0.2, 0.25) is 5.02 Å². The average Bonchev–Trinajstić information content (AvgIpc) is 3.27. The number of H-pyrrole nitrogens is 1. The Bertz CT molecular complexity index is 1600. The molecule has 1 aromatic heterocycles. The van der Waals surface area contributed by atoms with Gasteiger partial charge in [-0.25, -0.2) is 4.99 Å². The summed E-state index contributed by atoms with van der Waals surface area (Å²) in [6.45, 7) is 4.05. The summed E-state index contributed by atoms with van der Waals surface area (Å²) in [4.78, 5) is 29.7. The molecule has 2 N–H and O–H groups in total. The molecule has 0 unspecified atom stereocenters. The van der Waals surface area contributed by atoms with E-state index in [-0.39, 0.29) is 22.5 Å². The number of carbonyl (C=O) groups is 1. The number of benzene rings is 3. The van der Waals surface area contributed by atoms with Crippen molar-refractivity contribution in [1.82, 2.24) is 14.8 Å². The Balaban J connectivity index is 1.48. The number of nitrogens with zero attached hydrogens (tertiary/aromatic N) is 7. The molecule has 0 saturated carbocycles. The Morgan fingerprint density at radius 1 is 1.10 bits per heavy atom. The van der Waals surface area contributed by atoms with Gasteiger partial charge in [0.05, 0.1) is 39.7 Å². The molecule has 1 aliphatic heterocycles. The third kappa shape index (κ3) is 5.80. The first kappa shape index (κ1) is 27.2. The van der Waals surface area contributed by atoms with Crippen molar-refractivity contribution in [3.63, 3.8) is 0 Å². The molecule has 11 heteroatoms. The van der Waals surface area contributed by atoms with E-state index in [9.17, 15) is 9.90 Å². The zero-order chi connectivity index (χ0) is 28.2. The van der Waals surface area contributed by atoms with Crippen molar-refractivity contribution in [1.29, 1.82) is 0 Å². The molecule has 0 spiro atoms. The van der Waals surface area contributed by atoms with Crippen molar-refractivity contribution in [2.45, 2.75) is 0 Å². The van der Waals surface area contributed by atoms with Gasteiger partial charge in [0.2, 0.25) is 5.91 Å². The van der Waals surface area contributed by atoms with Gasteiger partial charge in [0.1, 0.15) is 0 Å². The normalized spacial score (nSPS) is 14.7. The highest BCUT2D eigenvalue weighted by atomic mass is 35.5. The van der Waals surface area contributed by atoms with E-state index in [1.165, 1.54) is 0 Å². The van der Waals surface area contributed by atoms with E-state index < -0.39 is 0 Å². The standard InChI is InChI=1S/C29H29ClN8O2/c1-36-12-14-38(15-13-36)18-26(39)37(2)21-10-8-20(9-11-21)32-28(19-6-4-3-5-7-19)27-22-16-25(34-35-31)23(30)17-24(22)33-29(27)40/h3-11,16-17,33,40H,12-15,18H2,1-2H3. The van der Waals surface area contributed by atoms with E-state index in [2.05, 4.69) is 31.9 Å². The third-order valence-corrected chi connectivity index (χ3v) is 7.39. The summed E-state index contributed by atoms with van der Waals surface area (Å²) < 4.78 is 0. The van der Waals surface area contributed by atoms with Crippen molar-refractivity contribution in [3.8, 4) is 5.88 Å². The summed E-state index contributed by atoms with van der Waals surface area (Å²) in [7, 11) is 3.87. The fourth-order valence-corrected chi connectivity index (χ4v) is 4.94. The predicted octanol–water partition coefficient (Wildman–Crippen LogP) is 5.85. The van der Waals surface area contributed by atoms with Gasteiger partial charge in [-0.1, -0.05) is 47.0 Å². The fourth-order valence-electron chi connectivity index (χ4n) is 4.74. The molecule has 3 aromatic carbocycles. The maximum absolute atomic E-state index is 12.9. The molecule has 1 amide bonds. The Hall–Kier alpha value is -4.34. The summed E-state index contributed by atoms with van der Waals surface area (Å²) in [5.41, 5.74) is 12.9. The number of carbonyl (C=O) groups excluding carboxylic acids is 1. The molecule has 1 fully saturated rings. The molecule has 40 heavy (non-hydrogen) atoms. The Kier molecular flexibility index (Phi) is 8.04. The van der Waals surface area contributed by atoms with Crippen molar-refractivity contribution < 1.29 is 9.90 Å². The van der Waals surface area contributed by atoms with E-state index in [0.29, 0.717) is 34.4 Å². The van der Waals surface area contributed by atoms with Crippen LogP contribution < -0.4 is 4.90 Å². The zero-order valence-corrected chi connectivity index (χ0v) is 23.0. The number of aliphatic imine (C=N–C) groups is 1. The number of azide groups is 1. The minimum absolute atomic E-state index is 0.0315. The number of likely N-dealkylation sites (N-methyl/N-ethyl adjacent to an activating group) is 2. The maximum Gasteiger partial charge on any atom is 0.240 e. The molecular weight excluding hydrogens is 528 g/mol. The van der Waals surface area contributed by atoms with Gasteiger partial charge in [-0.05, 0) is 49.0 Å². The van der Waals surface area contributed by atoms with E-state index in [4.69, 9.17) is 22.1 Å². The monoisotopic (exact) mass is 556 g/mol. The van der Waals surface area contributed by atoms with Crippen LogP contribution >= 0.6 is 11.6 Å². The molecule has 0 radical (unpaired) electrons. The van der Waals surface area contributed by atoms with Crippen molar-refractivity contribution in [2.24, 2.45) is 10.1 Å². The Morgan fingerprint density at radius 2 is 1.80 bits per heavy atom. The van der Waals surface area contributed by atoms with Crippen LogP contribution in [0.3, 0.4) is 0 Å². The molecule has 10 nitrogen and oxygen atoms in total. The largest absolute Gasteiger partial charge is 0.494 e. The van der Waals surface area contributed by atoms with E-state index in [0.717, 1.165) is 37.4 Å². The minimum Gasteiger partial charge on any atom is -0.494 e. The van der Waals surface area contributed by atoms with Gasteiger partial charge in [-0.15, -0.1) is 0 Å². The van der Waals surface area contributed by atoms with Crippen molar-refractivity contribution in [3.05, 3.63) is 93.3 Å². The fraction of sp³-hybridized carbons (Fsp3) is 0.241. The number of piperazine rings is 1. The second-order valence-electron chi connectivity index (χ2n) is 9.76. The van der Waals surface area contributed by atoms with Gasteiger partial charge >= 0.3 is 0 Å². The van der Waals surface area contributed by atoms with Gasteiger partial charge in [-0.3, -0.25) is 9.69 Å². The van der Waals surface area contributed by atoms with Crippen LogP contribution in [0, 0.1) is 0 Å². The molecule has 1 saturated heterocycles. The van der Waals surface area contributed by atoms with Crippen molar-refractivity contribution in [2.75, 3.05) is 51.7 Å². The van der Waals surface area contributed by atoms with Crippen LogP contribution in [0.1, 0.15) is 11.1 Å². The second kappa shape index (κ2) is 11.8. The highest BCUT2D eigenvalue weighted by Gasteiger charge is 2.21. The van der Waals surface area contributed by atoms with Crippen molar-refractivity contribution >= 4 is 51.2 Å². The lowest BCUT2D eigenvalue weighted by molar-refractivity contribution is -0.119. The lowest BCUT2D eigenvalue weighted by atomic mass is 10.0. The molecule has 204 valence electrons. The number of fused-ring (bicyclic) bond motifs is 1. The summed E-state index contributed by atoms with van der Waals surface area (Å²) in [5.74, 6) is -0.0541. The topological polar surface area (TPSA) is 124 Å². The number of hydrogen-bond acceptors (Lipinski definition) is 6. The summed E-state index contributed by atoms with van der Waals surface area (Å²) in [6.07, 6.45) is 0. The quantitative estimate of drug-likeness (QED) is 0.128. The number of hydrogen-bond donors (Lipinski definition) is 2. The molecule has 1 aliphatic rings. The number of halogens is 1. The highest BCUT2D eigenvalue weighted by molar-refractivity contribution is 6.34. The Labute approximate surface area is 236 Å². The van der Waals surface area contributed by atoms with Crippen LogP contribution in [-0.4, -0.2) is 78.3 Å². The highest BCUT2D eigenvalue weighted by Crippen LogP contribution is 2.37. The van der Waals surface area contributed by atoms with Crippen LogP contribution in [0.5, 0.6) is 5.88 Å². The van der Waals surface area contributed by atoms with E-state index >= 15 is 0 Å².